The molecule has 0 saturated carbocycles. The number of para-hydroxylation sites is 1. The minimum atomic E-state index is -0.252. The second-order valence-electron chi connectivity index (χ2n) is 9.68. The van der Waals surface area contributed by atoms with E-state index in [0.29, 0.717) is 25.6 Å². The normalized spacial score (nSPS) is 14.9. The molecule has 0 aliphatic carbocycles. The van der Waals surface area contributed by atoms with Crippen molar-refractivity contribution in [2.24, 2.45) is 5.92 Å². The highest BCUT2D eigenvalue weighted by molar-refractivity contribution is 7.10. The number of thiophene rings is 1. The first-order chi connectivity index (χ1) is 17.4. The molecule has 1 aliphatic heterocycles. The van der Waals surface area contributed by atoms with Crippen LogP contribution in [0, 0.1) is 12.8 Å². The lowest BCUT2D eigenvalue weighted by Gasteiger charge is -2.37. The van der Waals surface area contributed by atoms with Crippen LogP contribution in [0.15, 0.2) is 66.0 Å². The molecule has 0 spiro atoms. The number of benzene rings is 2. The summed E-state index contributed by atoms with van der Waals surface area (Å²) in [6.45, 7) is 7.80. The van der Waals surface area contributed by atoms with Gasteiger partial charge in [0.05, 0.1) is 6.04 Å². The standard InChI is InChI=1S/C29H35N3O3S/c1-21(2)13-16-31(29(34)30-23-11-9-22(3)10-12-23)19-28(33)32-17-14-27-25(15-18-36-27)26(32)20-35-24-7-5-4-6-8-24/h4-12,15,18,21,26H,13-14,16-17,19-20H2,1-3H3,(H,30,34)/t26-/m0/s1. The molecule has 1 aromatic heterocycles. The zero-order chi connectivity index (χ0) is 25.5. The van der Waals surface area contributed by atoms with Gasteiger partial charge in [-0.05, 0) is 67.0 Å². The molecule has 0 unspecified atom stereocenters. The van der Waals surface area contributed by atoms with E-state index in [1.54, 1.807) is 16.2 Å². The minimum absolute atomic E-state index is 0.0335. The molecule has 0 bridgehead atoms. The first-order valence-electron chi connectivity index (χ1n) is 12.6. The zero-order valence-corrected chi connectivity index (χ0v) is 22.1. The molecule has 4 rings (SSSR count). The number of aryl methyl sites for hydroxylation is 1. The Balaban J connectivity index is 1.48. The van der Waals surface area contributed by atoms with E-state index in [1.807, 2.05) is 66.4 Å². The molecule has 0 radical (unpaired) electrons. The van der Waals surface area contributed by atoms with Crippen LogP contribution in [0.25, 0.3) is 0 Å². The highest BCUT2D eigenvalue weighted by Gasteiger charge is 2.33. The molecule has 0 saturated heterocycles. The van der Waals surface area contributed by atoms with Crippen LogP contribution in [0.3, 0.4) is 0 Å². The average molecular weight is 506 g/mol. The SMILES string of the molecule is Cc1ccc(NC(=O)N(CCC(C)C)CC(=O)N2CCc3sccc3[C@@H]2COc2ccccc2)cc1. The number of ether oxygens (including phenoxy) is 1. The topological polar surface area (TPSA) is 61.9 Å². The van der Waals surface area contributed by atoms with E-state index in [4.69, 9.17) is 4.74 Å². The lowest BCUT2D eigenvalue weighted by atomic mass is 10.0. The van der Waals surface area contributed by atoms with Gasteiger partial charge in [0, 0.05) is 23.7 Å². The predicted octanol–water partition coefficient (Wildman–Crippen LogP) is 6.14. The second kappa shape index (κ2) is 12.1. The van der Waals surface area contributed by atoms with Crippen molar-refractivity contribution in [1.29, 1.82) is 0 Å². The van der Waals surface area contributed by atoms with Crippen molar-refractivity contribution in [3.63, 3.8) is 0 Å². The van der Waals surface area contributed by atoms with Gasteiger partial charge >= 0.3 is 6.03 Å². The van der Waals surface area contributed by atoms with Crippen molar-refractivity contribution in [3.05, 3.63) is 82.0 Å². The molecule has 2 heterocycles. The number of fused-ring (bicyclic) bond motifs is 1. The number of urea groups is 1. The summed E-state index contributed by atoms with van der Waals surface area (Å²) in [4.78, 5) is 31.7. The predicted molar refractivity (Wildman–Crippen MR) is 146 cm³/mol. The summed E-state index contributed by atoms with van der Waals surface area (Å²) in [7, 11) is 0. The first kappa shape index (κ1) is 25.8. The van der Waals surface area contributed by atoms with Gasteiger partial charge in [-0.3, -0.25) is 4.79 Å². The van der Waals surface area contributed by atoms with E-state index in [2.05, 4.69) is 30.6 Å². The summed E-state index contributed by atoms with van der Waals surface area (Å²) in [5.74, 6) is 1.14. The summed E-state index contributed by atoms with van der Waals surface area (Å²) in [5.41, 5.74) is 3.00. The number of rotatable bonds is 9. The molecule has 2 aromatic carbocycles. The maximum atomic E-state index is 13.7. The third-order valence-corrected chi connectivity index (χ3v) is 7.46. The van der Waals surface area contributed by atoms with Gasteiger partial charge in [-0.2, -0.15) is 0 Å². The molecule has 36 heavy (non-hydrogen) atoms. The van der Waals surface area contributed by atoms with Gasteiger partial charge in [0.25, 0.3) is 0 Å². The van der Waals surface area contributed by atoms with Gasteiger partial charge in [0.15, 0.2) is 0 Å². The summed E-state index contributed by atoms with van der Waals surface area (Å²) in [6.07, 6.45) is 1.64. The minimum Gasteiger partial charge on any atom is -0.491 e. The number of anilines is 1. The number of carbonyl (C=O) groups excluding carboxylic acids is 2. The maximum absolute atomic E-state index is 13.7. The van der Waals surface area contributed by atoms with E-state index in [-0.39, 0.29) is 24.5 Å². The smallest absolute Gasteiger partial charge is 0.322 e. The monoisotopic (exact) mass is 505 g/mol. The lowest BCUT2D eigenvalue weighted by molar-refractivity contribution is -0.135. The number of amides is 3. The molecule has 190 valence electrons. The van der Waals surface area contributed by atoms with Crippen LogP contribution in [-0.4, -0.2) is 48.0 Å². The van der Waals surface area contributed by atoms with E-state index < -0.39 is 0 Å². The van der Waals surface area contributed by atoms with Crippen LogP contribution in [0.5, 0.6) is 5.75 Å². The molecule has 3 aromatic rings. The Hall–Kier alpha value is -3.32. The second-order valence-corrected chi connectivity index (χ2v) is 10.7. The molecular formula is C29H35N3O3S. The first-order valence-corrected chi connectivity index (χ1v) is 13.4. The Labute approximate surface area is 217 Å². The van der Waals surface area contributed by atoms with Crippen molar-refractivity contribution in [2.45, 2.75) is 39.7 Å². The number of carbonyl (C=O) groups is 2. The molecule has 1 aliphatic rings. The Bertz CT molecular complexity index is 1140. The fourth-order valence-electron chi connectivity index (χ4n) is 4.33. The average Bonchev–Trinajstić information content (AvgIpc) is 3.36. The van der Waals surface area contributed by atoms with Crippen molar-refractivity contribution < 1.29 is 14.3 Å². The third kappa shape index (κ3) is 6.66. The zero-order valence-electron chi connectivity index (χ0n) is 21.3. The van der Waals surface area contributed by atoms with Crippen molar-refractivity contribution in [3.8, 4) is 5.75 Å². The number of hydrogen-bond acceptors (Lipinski definition) is 4. The van der Waals surface area contributed by atoms with Gasteiger partial charge in [0.1, 0.15) is 18.9 Å². The van der Waals surface area contributed by atoms with Crippen molar-refractivity contribution in [1.82, 2.24) is 9.80 Å². The highest BCUT2D eigenvalue weighted by Crippen LogP contribution is 2.34. The highest BCUT2D eigenvalue weighted by atomic mass is 32.1. The maximum Gasteiger partial charge on any atom is 0.322 e. The van der Waals surface area contributed by atoms with Gasteiger partial charge in [-0.1, -0.05) is 49.7 Å². The van der Waals surface area contributed by atoms with Crippen LogP contribution < -0.4 is 10.1 Å². The summed E-state index contributed by atoms with van der Waals surface area (Å²) in [5, 5.41) is 5.05. The van der Waals surface area contributed by atoms with E-state index >= 15 is 0 Å². The van der Waals surface area contributed by atoms with Gasteiger partial charge in [-0.25, -0.2) is 4.79 Å². The summed E-state index contributed by atoms with van der Waals surface area (Å²) >= 11 is 1.73. The van der Waals surface area contributed by atoms with Crippen LogP contribution in [0.4, 0.5) is 10.5 Å². The van der Waals surface area contributed by atoms with Gasteiger partial charge in [-0.15, -0.1) is 11.3 Å². The Kier molecular flexibility index (Phi) is 8.65. The molecular weight excluding hydrogens is 470 g/mol. The van der Waals surface area contributed by atoms with Crippen molar-refractivity contribution >= 4 is 29.0 Å². The lowest BCUT2D eigenvalue weighted by Crippen LogP contribution is -2.49. The largest absolute Gasteiger partial charge is 0.491 e. The van der Waals surface area contributed by atoms with Crippen LogP contribution >= 0.6 is 11.3 Å². The van der Waals surface area contributed by atoms with Crippen LogP contribution in [-0.2, 0) is 11.2 Å². The Morgan fingerprint density at radius 2 is 1.86 bits per heavy atom. The third-order valence-electron chi connectivity index (χ3n) is 6.46. The summed E-state index contributed by atoms with van der Waals surface area (Å²) in [6, 6.07) is 19.0. The van der Waals surface area contributed by atoms with Gasteiger partial charge < -0.3 is 19.9 Å². The fraction of sp³-hybridized carbons (Fsp3) is 0.379. The van der Waals surface area contributed by atoms with Gasteiger partial charge in [0.2, 0.25) is 5.91 Å². The van der Waals surface area contributed by atoms with Crippen LogP contribution in [0.1, 0.15) is 42.3 Å². The molecule has 0 fully saturated rings. The molecule has 6 nitrogen and oxygen atoms in total. The molecule has 3 amide bonds. The van der Waals surface area contributed by atoms with Crippen molar-refractivity contribution in [2.75, 3.05) is 31.6 Å². The Morgan fingerprint density at radius 3 is 2.58 bits per heavy atom. The molecule has 1 atom stereocenters. The number of nitrogens with one attached hydrogen (secondary N) is 1. The van der Waals surface area contributed by atoms with Crippen LogP contribution in [0.2, 0.25) is 0 Å². The Morgan fingerprint density at radius 1 is 1.11 bits per heavy atom. The van der Waals surface area contributed by atoms with E-state index in [9.17, 15) is 9.59 Å². The van der Waals surface area contributed by atoms with E-state index in [1.165, 1.54) is 4.88 Å². The fourth-order valence-corrected chi connectivity index (χ4v) is 5.25. The number of nitrogens with zero attached hydrogens (tertiary/aromatic N) is 2. The molecule has 1 N–H and O–H groups in total. The number of hydrogen-bond donors (Lipinski definition) is 1. The summed E-state index contributed by atoms with van der Waals surface area (Å²) < 4.78 is 6.09. The van der Waals surface area contributed by atoms with E-state index in [0.717, 1.165) is 35.4 Å². The molecule has 7 heteroatoms. The quantitative estimate of drug-likeness (QED) is 0.380.